The molecule has 1 saturated carbocycles. The lowest BCUT2D eigenvalue weighted by Gasteiger charge is -2.13. The number of benzene rings is 1. The Kier molecular flexibility index (Phi) is 3.08. The predicted octanol–water partition coefficient (Wildman–Crippen LogP) is 2.75. The number of nitrogens with one attached hydrogen (secondary N) is 2. The number of carbonyl (C=O) groups excluding carboxylic acids is 1. The van der Waals surface area contributed by atoms with Crippen molar-refractivity contribution in [3.63, 3.8) is 0 Å². The fraction of sp³-hybridized carbons (Fsp3) is 0.417. The van der Waals surface area contributed by atoms with Crippen LogP contribution in [0.25, 0.3) is 0 Å². The van der Waals surface area contributed by atoms with Crippen LogP contribution in [-0.2, 0) is 0 Å². The number of urea groups is 1. The van der Waals surface area contributed by atoms with E-state index in [0.717, 1.165) is 0 Å². The second-order valence-corrected chi connectivity index (χ2v) is 4.20. The Morgan fingerprint density at radius 1 is 1.44 bits per heavy atom. The van der Waals surface area contributed by atoms with E-state index in [0.29, 0.717) is 5.92 Å². The van der Waals surface area contributed by atoms with E-state index in [1.807, 2.05) is 6.92 Å². The van der Waals surface area contributed by atoms with Crippen molar-refractivity contribution in [2.24, 2.45) is 5.92 Å². The van der Waals surface area contributed by atoms with Gasteiger partial charge in [0.05, 0.1) is 5.69 Å². The molecular formula is C12H15FN2O. The second kappa shape index (κ2) is 4.51. The Morgan fingerprint density at radius 2 is 2.12 bits per heavy atom. The Labute approximate surface area is 94.0 Å². The first kappa shape index (κ1) is 10.9. The number of carbonyl (C=O) groups is 1. The highest BCUT2D eigenvalue weighted by molar-refractivity contribution is 5.89. The molecule has 2 N–H and O–H groups in total. The lowest BCUT2D eigenvalue weighted by atomic mass is 10.2. The lowest BCUT2D eigenvalue weighted by Crippen LogP contribution is -2.37. The molecule has 0 radical (unpaired) electrons. The van der Waals surface area contributed by atoms with Crippen molar-refractivity contribution in [2.75, 3.05) is 5.32 Å². The minimum Gasteiger partial charge on any atom is -0.335 e. The van der Waals surface area contributed by atoms with Gasteiger partial charge < -0.3 is 10.6 Å². The van der Waals surface area contributed by atoms with Gasteiger partial charge in [-0.05, 0) is 37.8 Å². The zero-order chi connectivity index (χ0) is 11.5. The molecule has 0 aliphatic heterocycles. The summed E-state index contributed by atoms with van der Waals surface area (Å²) in [6.45, 7) is 1.97. The normalized spacial score (nSPS) is 16.6. The van der Waals surface area contributed by atoms with E-state index in [4.69, 9.17) is 0 Å². The molecule has 0 aromatic heterocycles. The van der Waals surface area contributed by atoms with Crippen LogP contribution in [0.15, 0.2) is 24.3 Å². The second-order valence-electron chi connectivity index (χ2n) is 4.20. The number of halogens is 1. The maximum Gasteiger partial charge on any atom is 0.319 e. The van der Waals surface area contributed by atoms with Gasteiger partial charge in [-0.3, -0.25) is 0 Å². The first-order valence-electron chi connectivity index (χ1n) is 5.49. The number of amides is 2. The first-order valence-corrected chi connectivity index (χ1v) is 5.49. The highest BCUT2D eigenvalue weighted by atomic mass is 19.1. The highest BCUT2D eigenvalue weighted by Crippen LogP contribution is 2.32. The van der Waals surface area contributed by atoms with Gasteiger partial charge in [0.1, 0.15) is 5.82 Å². The molecule has 1 aromatic carbocycles. The third-order valence-electron chi connectivity index (χ3n) is 2.81. The van der Waals surface area contributed by atoms with E-state index in [-0.39, 0.29) is 17.8 Å². The molecule has 4 heteroatoms. The van der Waals surface area contributed by atoms with Crippen LogP contribution in [0.3, 0.4) is 0 Å². The molecule has 0 saturated heterocycles. The maximum absolute atomic E-state index is 13.2. The molecule has 2 rings (SSSR count). The third kappa shape index (κ3) is 2.72. The van der Waals surface area contributed by atoms with Crippen molar-refractivity contribution in [3.8, 4) is 0 Å². The quantitative estimate of drug-likeness (QED) is 0.811. The van der Waals surface area contributed by atoms with Crippen molar-refractivity contribution in [1.82, 2.24) is 5.32 Å². The molecule has 2 amide bonds. The summed E-state index contributed by atoms with van der Waals surface area (Å²) in [5, 5.41) is 5.30. The molecule has 1 unspecified atom stereocenters. The van der Waals surface area contributed by atoms with Gasteiger partial charge in [-0.15, -0.1) is 0 Å². The molecule has 0 bridgehead atoms. The van der Waals surface area contributed by atoms with Gasteiger partial charge in [-0.2, -0.15) is 0 Å². The topological polar surface area (TPSA) is 41.1 Å². The smallest absolute Gasteiger partial charge is 0.319 e. The van der Waals surface area contributed by atoms with Crippen LogP contribution in [0.4, 0.5) is 14.9 Å². The molecule has 1 aromatic rings. The van der Waals surface area contributed by atoms with Crippen LogP contribution in [0.5, 0.6) is 0 Å². The Morgan fingerprint density at radius 3 is 2.75 bits per heavy atom. The van der Waals surface area contributed by atoms with E-state index >= 15 is 0 Å². The summed E-state index contributed by atoms with van der Waals surface area (Å²) in [7, 11) is 0. The standard InChI is InChI=1S/C12H15FN2O/c1-8(9-6-7-9)14-12(16)15-11-5-3-2-4-10(11)13/h2-5,8-9H,6-7H2,1H3,(H2,14,15,16). The van der Waals surface area contributed by atoms with Gasteiger partial charge in [0, 0.05) is 6.04 Å². The van der Waals surface area contributed by atoms with Gasteiger partial charge in [0.15, 0.2) is 0 Å². The van der Waals surface area contributed by atoms with E-state index < -0.39 is 5.82 Å². The summed E-state index contributed by atoms with van der Waals surface area (Å²) in [6.07, 6.45) is 2.34. The zero-order valence-corrected chi connectivity index (χ0v) is 9.16. The number of anilines is 1. The van der Waals surface area contributed by atoms with Gasteiger partial charge in [0.2, 0.25) is 0 Å². The summed E-state index contributed by atoms with van der Waals surface area (Å²) >= 11 is 0. The van der Waals surface area contributed by atoms with Crippen molar-refractivity contribution < 1.29 is 9.18 Å². The zero-order valence-electron chi connectivity index (χ0n) is 9.16. The summed E-state index contributed by atoms with van der Waals surface area (Å²) in [4.78, 5) is 11.5. The number of hydrogen-bond acceptors (Lipinski definition) is 1. The molecule has 0 spiro atoms. The molecule has 16 heavy (non-hydrogen) atoms. The summed E-state index contributed by atoms with van der Waals surface area (Å²) < 4.78 is 13.2. The minimum atomic E-state index is -0.420. The summed E-state index contributed by atoms with van der Waals surface area (Å²) in [6, 6.07) is 5.95. The van der Waals surface area contributed by atoms with Crippen molar-refractivity contribution in [1.29, 1.82) is 0 Å². The molecular weight excluding hydrogens is 207 g/mol. The molecule has 86 valence electrons. The number of rotatable bonds is 3. The number of hydrogen-bond donors (Lipinski definition) is 2. The maximum atomic E-state index is 13.2. The van der Waals surface area contributed by atoms with Crippen LogP contribution in [0, 0.1) is 11.7 Å². The average Bonchev–Trinajstić information content (AvgIpc) is 3.04. The molecule has 3 nitrogen and oxygen atoms in total. The largest absolute Gasteiger partial charge is 0.335 e. The van der Waals surface area contributed by atoms with Gasteiger partial charge in [-0.25, -0.2) is 9.18 Å². The van der Waals surface area contributed by atoms with Crippen molar-refractivity contribution in [2.45, 2.75) is 25.8 Å². The van der Waals surface area contributed by atoms with E-state index in [9.17, 15) is 9.18 Å². The van der Waals surface area contributed by atoms with E-state index in [1.165, 1.54) is 25.0 Å². The highest BCUT2D eigenvalue weighted by Gasteiger charge is 2.28. The molecule has 1 fully saturated rings. The summed E-state index contributed by atoms with van der Waals surface area (Å²) in [5.41, 5.74) is 0.211. The van der Waals surface area contributed by atoms with Gasteiger partial charge in [-0.1, -0.05) is 12.1 Å². The van der Waals surface area contributed by atoms with Gasteiger partial charge >= 0.3 is 6.03 Å². The van der Waals surface area contributed by atoms with Crippen molar-refractivity contribution in [3.05, 3.63) is 30.1 Å². The SMILES string of the molecule is CC(NC(=O)Nc1ccccc1F)C1CC1. The fourth-order valence-corrected chi connectivity index (χ4v) is 1.64. The van der Waals surface area contributed by atoms with Crippen molar-refractivity contribution >= 4 is 11.7 Å². The van der Waals surface area contributed by atoms with E-state index in [1.54, 1.807) is 12.1 Å². The number of para-hydroxylation sites is 1. The predicted molar refractivity (Wildman–Crippen MR) is 60.7 cm³/mol. The fourth-order valence-electron chi connectivity index (χ4n) is 1.64. The van der Waals surface area contributed by atoms with Gasteiger partial charge in [0.25, 0.3) is 0 Å². The van der Waals surface area contributed by atoms with Crippen LogP contribution in [0.2, 0.25) is 0 Å². The molecule has 1 atom stereocenters. The first-order chi connectivity index (χ1) is 7.66. The molecule has 1 aliphatic carbocycles. The minimum absolute atomic E-state index is 0.159. The van der Waals surface area contributed by atoms with Crippen LogP contribution in [-0.4, -0.2) is 12.1 Å². The molecule has 0 heterocycles. The Balaban J connectivity index is 1.89. The third-order valence-corrected chi connectivity index (χ3v) is 2.81. The Hall–Kier alpha value is -1.58. The monoisotopic (exact) mass is 222 g/mol. The van der Waals surface area contributed by atoms with E-state index in [2.05, 4.69) is 10.6 Å². The summed E-state index contributed by atoms with van der Waals surface area (Å²) in [5.74, 6) is 0.170. The lowest BCUT2D eigenvalue weighted by molar-refractivity contribution is 0.248. The van der Waals surface area contributed by atoms with Crippen LogP contribution < -0.4 is 10.6 Å². The van der Waals surface area contributed by atoms with Crippen LogP contribution in [0.1, 0.15) is 19.8 Å². The molecule has 1 aliphatic rings. The van der Waals surface area contributed by atoms with Crippen LogP contribution >= 0.6 is 0 Å². The Bertz CT molecular complexity index is 390. The average molecular weight is 222 g/mol.